The van der Waals surface area contributed by atoms with Gasteiger partial charge in [-0.05, 0) is 90.0 Å². The number of hydrogen-bond acceptors (Lipinski definition) is 2. The number of rotatable bonds is 2. The van der Waals surface area contributed by atoms with Crippen molar-refractivity contribution in [3.05, 3.63) is 88.6 Å². The molecule has 5 rings (SSSR count). The van der Waals surface area contributed by atoms with Crippen molar-refractivity contribution in [3.8, 4) is 22.4 Å². The summed E-state index contributed by atoms with van der Waals surface area (Å²) in [6.45, 7) is -4.56. The third kappa shape index (κ3) is 3.64. The van der Waals surface area contributed by atoms with Crippen LogP contribution in [0.15, 0.2) is 65.2 Å². The molecule has 2 aromatic heterocycles. The van der Waals surface area contributed by atoms with Crippen molar-refractivity contribution in [1.82, 2.24) is 4.98 Å². The molecule has 2 heteroatoms. The summed E-state index contributed by atoms with van der Waals surface area (Å²) in [7, 11) is 0. The Labute approximate surface area is 213 Å². The van der Waals surface area contributed by atoms with Crippen LogP contribution in [-0.4, -0.2) is 4.98 Å². The normalized spacial score (nSPS) is 19.0. The lowest BCUT2D eigenvalue weighted by Gasteiger charge is -2.21. The van der Waals surface area contributed by atoms with Gasteiger partial charge in [0.25, 0.3) is 0 Å². The highest BCUT2D eigenvalue weighted by Gasteiger charge is 2.18. The van der Waals surface area contributed by atoms with Gasteiger partial charge in [0.1, 0.15) is 11.2 Å². The number of aryl methyl sites for hydroxylation is 4. The smallest absolute Gasteiger partial charge is 0.144 e. The molecule has 5 aromatic rings. The number of nitrogens with zero attached hydrogens (tertiary/aromatic N) is 1. The van der Waals surface area contributed by atoms with Crippen LogP contribution in [0.3, 0.4) is 0 Å². The Morgan fingerprint density at radius 3 is 2.33 bits per heavy atom. The van der Waals surface area contributed by atoms with Crippen LogP contribution in [0, 0.1) is 27.4 Å². The van der Waals surface area contributed by atoms with E-state index in [4.69, 9.17) is 20.9 Å². The minimum absolute atomic E-state index is 0.000894. The van der Waals surface area contributed by atoms with Crippen LogP contribution in [0.25, 0.3) is 44.3 Å². The van der Waals surface area contributed by atoms with Crippen LogP contribution in [0.4, 0.5) is 0 Å². The fraction of sp³-hybridized carbons (Fsp3) is 0.258. The molecule has 166 valence electrons. The van der Waals surface area contributed by atoms with E-state index >= 15 is 0 Å². The highest BCUT2D eigenvalue weighted by Crippen LogP contribution is 2.39. The van der Waals surface area contributed by atoms with E-state index < -0.39 is 27.4 Å². The molecule has 2 nitrogen and oxygen atoms in total. The number of fused-ring (bicyclic) bond motifs is 3. The highest BCUT2D eigenvalue weighted by molar-refractivity contribution is 6.10. The van der Waals surface area contributed by atoms with E-state index in [1.54, 1.807) is 36.4 Å². The SMILES string of the molecule is [2H]C([2H])([2H])c1cc(C([2H])([2H])[2H])c2oc3c(-c4cc(-c5ccc(C(C)(C)C)cc5C([2H])([2H])[2H])c(C([2H])([2H])[2H])cn4)cccc3c2c1. The molecule has 0 N–H and O–H groups in total. The molecule has 0 saturated heterocycles. The fourth-order valence-electron chi connectivity index (χ4n) is 4.17. The monoisotopic (exact) mass is 445 g/mol. The molecule has 0 radical (unpaired) electrons. The number of hydrogen-bond donors (Lipinski definition) is 0. The first-order valence-electron chi connectivity index (χ1n) is 16.6. The number of para-hydroxylation sites is 1. The summed E-state index contributed by atoms with van der Waals surface area (Å²) >= 11 is 0. The molecule has 0 aliphatic rings. The molecule has 0 bridgehead atoms. The van der Waals surface area contributed by atoms with E-state index in [-0.39, 0.29) is 55.7 Å². The molecule has 0 fully saturated rings. The average molecular weight is 446 g/mol. The van der Waals surface area contributed by atoms with Gasteiger partial charge >= 0.3 is 0 Å². The molecule has 0 saturated carbocycles. The molecule has 0 spiro atoms. The van der Waals surface area contributed by atoms with Crippen molar-refractivity contribution < 1.29 is 20.9 Å². The zero-order valence-electron chi connectivity index (χ0n) is 30.6. The molecule has 0 atom stereocenters. The Bertz CT molecular complexity index is 1930. The second-order valence-electron chi connectivity index (χ2n) is 9.31. The minimum atomic E-state index is -2.68. The minimum Gasteiger partial charge on any atom is -0.455 e. The lowest BCUT2D eigenvalue weighted by Crippen LogP contribution is -2.11. The van der Waals surface area contributed by atoms with Crippen LogP contribution in [0.5, 0.6) is 0 Å². The van der Waals surface area contributed by atoms with Gasteiger partial charge in [0.2, 0.25) is 0 Å². The lowest BCUT2D eigenvalue weighted by molar-refractivity contribution is 0.590. The first kappa shape index (κ1) is 11.7. The van der Waals surface area contributed by atoms with E-state index in [0.29, 0.717) is 16.3 Å². The van der Waals surface area contributed by atoms with Crippen LogP contribution in [0.1, 0.15) is 65.0 Å². The Morgan fingerprint density at radius 2 is 1.58 bits per heavy atom. The van der Waals surface area contributed by atoms with E-state index in [1.165, 1.54) is 18.3 Å². The first-order valence-corrected chi connectivity index (χ1v) is 10.6. The highest BCUT2D eigenvalue weighted by atomic mass is 16.3. The van der Waals surface area contributed by atoms with Gasteiger partial charge in [0, 0.05) is 39.0 Å². The Morgan fingerprint density at radius 1 is 0.727 bits per heavy atom. The molecular formula is C31H31NO. The number of pyridine rings is 1. The van der Waals surface area contributed by atoms with Gasteiger partial charge in [-0.3, -0.25) is 4.98 Å². The Kier molecular flexibility index (Phi) is 2.68. The number of furan rings is 1. The van der Waals surface area contributed by atoms with Gasteiger partial charge in [-0.15, -0.1) is 0 Å². The van der Waals surface area contributed by atoms with Gasteiger partial charge < -0.3 is 4.42 Å². The third-order valence-corrected chi connectivity index (χ3v) is 5.95. The summed E-state index contributed by atoms with van der Waals surface area (Å²) in [5.41, 5.74) is 1.13. The zero-order chi connectivity index (χ0) is 33.5. The van der Waals surface area contributed by atoms with Gasteiger partial charge in [-0.1, -0.05) is 57.2 Å². The molecule has 3 aromatic carbocycles. The predicted molar refractivity (Wildman–Crippen MR) is 140 cm³/mol. The summed E-state index contributed by atoms with van der Waals surface area (Å²) in [5, 5.41) is 0.744. The van der Waals surface area contributed by atoms with E-state index in [0.717, 1.165) is 11.6 Å². The van der Waals surface area contributed by atoms with Crippen molar-refractivity contribution in [2.75, 3.05) is 0 Å². The maximum absolute atomic E-state index is 8.29. The van der Waals surface area contributed by atoms with Gasteiger partial charge in [-0.2, -0.15) is 0 Å². The van der Waals surface area contributed by atoms with Crippen LogP contribution in [-0.2, 0) is 5.41 Å². The third-order valence-electron chi connectivity index (χ3n) is 5.95. The molecule has 0 amide bonds. The summed E-state index contributed by atoms with van der Waals surface area (Å²) in [6, 6.07) is 14.0. The van der Waals surface area contributed by atoms with Gasteiger partial charge in [-0.25, -0.2) is 0 Å². The Hall–Kier alpha value is -3.39. The van der Waals surface area contributed by atoms with Crippen LogP contribution >= 0.6 is 0 Å². The van der Waals surface area contributed by atoms with Crippen molar-refractivity contribution in [1.29, 1.82) is 0 Å². The topological polar surface area (TPSA) is 26.0 Å². The predicted octanol–water partition coefficient (Wildman–Crippen LogP) is 8.85. The van der Waals surface area contributed by atoms with E-state index in [9.17, 15) is 0 Å². The summed E-state index contributed by atoms with van der Waals surface area (Å²) < 4.78 is 103. The molecule has 0 aliphatic carbocycles. The van der Waals surface area contributed by atoms with Crippen molar-refractivity contribution >= 4 is 21.9 Å². The largest absolute Gasteiger partial charge is 0.455 e. The molecule has 33 heavy (non-hydrogen) atoms. The quantitative estimate of drug-likeness (QED) is 0.271. The summed E-state index contributed by atoms with van der Waals surface area (Å²) in [5.74, 6) is 0. The molecule has 2 heterocycles. The van der Waals surface area contributed by atoms with E-state index in [2.05, 4.69) is 4.98 Å². The Balaban J connectivity index is 1.83. The standard InChI is InChI=1S/C31H31NO/c1-18-13-20(3)29-27(14-18)24-9-8-10-25(30(24)33-29)28-16-26(21(4)17-32-28)23-12-11-22(15-19(23)2)31(5,6)7/h8-17H,1-7H3/i1D3,2D3,3D3,4D3. The van der Waals surface area contributed by atoms with Gasteiger partial charge in [0.15, 0.2) is 0 Å². The van der Waals surface area contributed by atoms with Crippen molar-refractivity contribution in [2.24, 2.45) is 0 Å². The lowest BCUT2D eigenvalue weighted by atomic mass is 9.84. The zero-order valence-corrected chi connectivity index (χ0v) is 18.6. The van der Waals surface area contributed by atoms with E-state index in [1.807, 2.05) is 20.8 Å². The molecular weight excluding hydrogens is 402 g/mol. The first-order chi connectivity index (χ1) is 20.5. The molecule has 0 unspecified atom stereocenters. The second kappa shape index (κ2) is 7.59. The maximum Gasteiger partial charge on any atom is 0.144 e. The average Bonchev–Trinajstić information content (AvgIpc) is 3.28. The summed E-state index contributed by atoms with van der Waals surface area (Å²) in [4.78, 5) is 4.44. The summed E-state index contributed by atoms with van der Waals surface area (Å²) in [6.07, 6.45) is 1.20. The number of aromatic nitrogens is 1. The maximum atomic E-state index is 8.29. The van der Waals surface area contributed by atoms with Crippen LogP contribution in [0.2, 0.25) is 0 Å². The molecule has 0 aliphatic heterocycles. The second-order valence-corrected chi connectivity index (χ2v) is 9.31. The number of benzene rings is 3. The fourth-order valence-corrected chi connectivity index (χ4v) is 4.17. The van der Waals surface area contributed by atoms with Gasteiger partial charge in [0.05, 0.1) is 5.69 Å². The van der Waals surface area contributed by atoms with Crippen molar-refractivity contribution in [3.63, 3.8) is 0 Å². The van der Waals surface area contributed by atoms with Crippen LogP contribution < -0.4 is 0 Å². The van der Waals surface area contributed by atoms with Crippen molar-refractivity contribution in [2.45, 2.75) is 53.6 Å².